The van der Waals surface area contributed by atoms with Crippen molar-refractivity contribution in [1.82, 2.24) is 4.57 Å². The molecule has 0 saturated heterocycles. The Kier molecular flexibility index (Phi) is 2.60. The minimum Gasteiger partial charge on any atom is -0.353 e. The molecule has 15 heavy (non-hydrogen) atoms. The maximum absolute atomic E-state index is 6.19. The fourth-order valence-electron chi connectivity index (χ4n) is 1.74. The smallest absolute Gasteiger partial charge is 0.0706 e. The number of benzene rings is 1. The van der Waals surface area contributed by atoms with Crippen LogP contribution in [-0.4, -0.2) is 4.57 Å². The van der Waals surface area contributed by atoms with E-state index in [4.69, 9.17) is 5.73 Å². The van der Waals surface area contributed by atoms with Gasteiger partial charge in [0.15, 0.2) is 0 Å². The fraction of sp³-hybridized carbons (Fsp3) is 0.231. The highest BCUT2D eigenvalue weighted by molar-refractivity contribution is 5.30. The predicted octanol–water partition coefficient (Wildman–Crippen LogP) is 2.38. The van der Waals surface area contributed by atoms with E-state index in [1.54, 1.807) is 0 Å². The van der Waals surface area contributed by atoms with Crippen molar-refractivity contribution in [2.24, 2.45) is 12.8 Å². The van der Waals surface area contributed by atoms with E-state index < -0.39 is 0 Å². The molecule has 0 aliphatic carbocycles. The van der Waals surface area contributed by atoms with Crippen LogP contribution in [0.25, 0.3) is 0 Å². The van der Waals surface area contributed by atoms with Crippen LogP contribution in [0.1, 0.15) is 22.9 Å². The molecule has 2 N–H and O–H groups in total. The molecule has 2 nitrogen and oxygen atoms in total. The molecule has 0 spiro atoms. The van der Waals surface area contributed by atoms with Gasteiger partial charge in [0, 0.05) is 18.9 Å². The lowest BCUT2D eigenvalue weighted by Crippen LogP contribution is -2.15. The minimum absolute atomic E-state index is 0.0365. The van der Waals surface area contributed by atoms with Gasteiger partial charge >= 0.3 is 0 Å². The molecule has 2 heteroatoms. The summed E-state index contributed by atoms with van der Waals surface area (Å²) in [5, 5.41) is 0. The summed E-state index contributed by atoms with van der Waals surface area (Å²) in [6.45, 7) is 2.08. The summed E-state index contributed by atoms with van der Waals surface area (Å²) in [5.41, 5.74) is 9.75. The second-order valence-corrected chi connectivity index (χ2v) is 3.93. The molecular weight excluding hydrogens is 184 g/mol. The van der Waals surface area contributed by atoms with Gasteiger partial charge in [-0.05, 0) is 24.6 Å². The van der Waals surface area contributed by atoms with Crippen LogP contribution in [0.2, 0.25) is 0 Å². The van der Waals surface area contributed by atoms with Gasteiger partial charge in [0.1, 0.15) is 0 Å². The highest BCUT2D eigenvalue weighted by Gasteiger charge is 2.10. The van der Waals surface area contributed by atoms with Crippen molar-refractivity contribution in [3.05, 3.63) is 59.4 Å². The van der Waals surface area contributed by atoms with Gasteiger partial charge in [-0.1, -0.05) is 29.8 Å². The second-order valence-electron chi connectivity index (χ2n) is 3.93. The van der Waals surface area contributed by atoms with E-state index in [1.165, 1.54) is 5.56 Å². The molecule has 0 aliphatic rings. The summed E-state index contributed by atoms with van der Waals surface area (Å²) >= 11 is 0. The maximum Gasteiger partial charge on any atom is 0.0706 e. The first-order valence-corrected chi connectivity index (χ1v) is 5.12. The van der Waals surface area contributed by atoms with Crippen molar-refractivity contribution in [1.29, 1.82) is 0 Å². The van der Waals surface area contributed by atoms with Gasteiger partial charge < -0.3 is 10.3 Å². The van der Waals surface area contributed by atoms with Crippen molar-refractivity contribution < 1.29 is 0 Å². The van der Waals surface area contributed by atoms with Crippen molar-refractivity contribution >= 4 is 0 Å². The monoisotopic (exact) mass is 200 g/mol. The Bertz CT molecular complexity index is 440. The number of aryl methyl sites for hydroxylation is 2. The largest absolute Gasteiger partial charge is 0.353 e. The zero-order valence-corrected chi connectivity index (χ0v) is 9.14. The SMILES string of the molecule is Cc1ccc(C(N)c2cccn2C)cc1. The molecule has 1 unspecified atom stereocenters. The Morgan fingerprint density at radius 1 is 1.13 bits per heavy atom. The quantitative estimate of drug-likeness (QED) is 0.792. The van der Waals surface area contributed by atoms with Crippen molar-refractivity contribution in [3.63, 3.8) is 0 Å². The van der Waals surface area contributed by atoms with Gasteiger partial charge in [-0.2, -0.15) is 0 Å². The first-order valence-electron chi connectivity index (χ1n) is 5.12. The highest BCUT2D eigenvalue weighted by Crippen LogP contribution is 2.19. The molecule has 0 bridgehead atoms. The lowest BCUT2D eigenvalue weighted by Gasteiger charge is -2.13. The van der Waals surface area contributed by atoms with Gasteiger partial charge in [-0.25, -0.2) is 0 Å². The molecule has 1 atom stereocenters. The molecule has 78 valence electrons. The van der Waals surface area contributed by atoms with Gasteiger partial charge in [0.05, 0.1) is 6.04 Å². The molecular formula is C13H16N2. The standard InChI is InChI=1S/C13H16N2/c1-10-5-7-11(8-6-10)13(14)12-4-3-9-15(12)2/h3-9,13H,14H2,1-2H3. The number of nitrogens with two attached hydrogens (primary N) is 1. The Balaban J connectivity index is 2.32. The third kappa shape index (κ3) is 1.95. The van der Waals surface area contributed by atoms with Gasteiger partial charge in [0.25, 0.3) is 0 Å². The zero-order chi connectivity index (χ0) is 10.8. The zero-order valence-electron chi connectivity index (χ0n) is 9.14. The van der Waals surface area contributed by atoms with Crippen LogP contribution in [0.3, 0.4) is 0 Å². The first kappa shape index (κ1) is 9.99. The minimum atomic E-state index is -0.0365. The van der Waals surface area contributed by atoms with E-state index in [9.17, 15) is 0 Å². The summed E-state index contributed by atoms with van der Waals surface area (Å²) < 4.78 is 2.06. The molecule has 0 saturated carbocycles. The van der Waals surface area contributed by atoms with E-state index in [-0.39, 0.29) is 6.04 Å². The number of nitrogens with zero attached hydrogens (tertiary/aromatic N) is 1. The van der Waals surface area contributed by atoms with Crippen LogP contribution in [0, 0.1) is 6.92 Å². The molecule has 1 aromatic heterocycles. The van der Waals surface area contributed by atoms with Gasteiger partial charge in [0.2, 0.25) is 0 Å². The Morgan fingerprint density at radius 3 is 2.33 bits per heavy atom. The number of aromatic nitrogens is 1. The van der Waals surface area contributed by atoms with E-state index in [0.717, 1.165) is 11.3 Å². The third-order valence-corrected chi connectivity index (χ3v) is 2.74. The van der Waals surface area contributed by atoms with Crippen LogP contribution in [-0.2, 0) is 7.05 Å². The lowest BCUT2D eigenvalue weighted by atomic mass is 10.0. The average Bonchev–Trinajstić information content (AvgIpc) is 2.65. The molecule has 0 radical (unpaired) electrons. The molecule has 0 amide bonds. The topological polar surface area (TPSA) is 30.9 Å². The van der Waals surface area contributed by atoms with Crippen LogP contribution >= 0.6 is 0 Å². The molecule has 2 aromatic rings. The summed E-state index contributed by atoms with van der Waals surface area (Å²) in [6, 6.07) is 12.4. The third-order valence-electron chi connectivity index (χ3n) is 2.74. The summed E-state index contributed by atoms with van der Waals surface area (Å²) in [4.78, 5) is 0. The second kappa shape index (κ2) is 3.91. The normalized spacial score (nSPS) is 12.7. The molecule has 1 heterocycles. The van der Waals surface area contributed by atoms with E-state index in [1.807, 2.05) is 19.3 Å². The van der Waals surface area contributed by atoms with Crippen molar-refractivity contribution in [3.8, 4) is 0 Å². The van der Waals surface area contributed by atoms with Crippen LogP contribution in [0.4, 0.5) is 0 Å². The Morgan fingerprint density at radius 2 is 1.80 bits per heavy atom. The van der Waals surface area contributed by atoms with E-state index >= 15 is 0 Å². The van der Waals surface area contributed by atoms with Gasteiger partial charge in [-0.3, -0.25) is 0 Å². The Labute approximate surface area is 90.3 Å². The molecule has 1 aromatic carbocycles. The molecule has 0 aliphatic heterocycles. The number of rotatable bonds is 2. The van der Waals surface area contributed by atoms with Crippen molar-refractivity contribution in [2.45, 2.75) is 13.0 Å². The van der Waals surface area contributed by atoms with E-state index in [2.05, 4.69) is 41.8 Å². The molecule has 2 rings (SSSR count). The van der Waals surface area contributed by atoms with E-state index in [0.29, 0.717) is 0 Å². The number of hydrogen-bond acceptors (Lipinski definition) is 1. The van der Waals surface area contributed by atoms with Crippen LogP contribution in [0.15, 0.2) is 42.6 Å². The first-order chi connectivity index (χ1) is 7.18. The van der Waals surface area contributed by atoms with Crippen LogP contribution in [0.5, 0.6) is 0 Å². The predicted molar refractivity (Wildman–Crippen MR) is 62.6 cm³/mol. The molecule has 0 fully saturated rings. The summed E-state index contributed by atoms with van der Waals surface area (Å²) in [6.07, 6.45) is 2.02. The van der Waals surface area contributed by atoms with Crippen LogP contribution < -0.4 is 5.73 Å². The van der Waals surface area contributed by atoms with Crippen molar-refractivity contribution in [2.75, 3.05) is 0 Å². The summed E-state index contributed by atoms with van der Waals surface area (Å²) in [7, 11) is 2.02. The summed E-state index contributed by atoms with van der Waals surface area (Å²) in [5.74, 6) is 0. The number of hydrogen-bond donors (Lipinski definition) is 1. The average molecular weight is 200 g/mol. The fourth-order valence-corrected chi connectivity index (χ4v) is 1.74. The van der Waals surface area contributed by atoms with Gasteiger partial charge in [-0.15, -0.1) is 0 Å². The lowest BCUT2D eigenvalue weighted by molar-refractivity contribution is 0.746. The maximum atomic E-state index is 6.19. The highest BCUT2D eigenvalue weighted by atomic mass is 14.9. The Hall–Kier alpha value is -1.54.